The van der Waals surface area contributed by atoms with Gasteiger partial charge in [0.15, 0.2) is 0 Å². The number of fused-ring (bicyclic) bond motifs is 4. The topological polar surface area (TPSA) is 21.1 Å². The van der Waals surface area contributed by atoms with Crippen LogP contribution in [-0.4, -0.2) is 28.0 Å². The van der Waals surface area contributed by atoms with Gasteiger partial charge in [0.1, 0.15) is 0 Å². The molecule has 5 rings (SSSR count). The SMILES string of the molecule is C[C@@H]1c2cnccc2C[C@H]2c3c(c4ccccc4n31)CCN2C. The molecular formula is C20H21N3. The van der Waals surface area contributed by atoms with Crippen molar-refractivity contribution in [1.29, 1.82) is 0 Å². The van der Waals surface area contributed by atoms with Crippen LogP contribution in [0.3, 0.4) is 0 Å². The molecule has 2 atom stereocenters. The molecule has 2 aliphatic heterocycles. The summed E-state index contributed by atoms with van der Waals surface area (Å²) in [7, 11) is 2.27. The van der Waals surface area contributed by atoms with E-state index in [0.717, 1.165) is 19.4 Å². The summed E-state index contributed by atoms with van der Waals surface area (Å²) in [6.45, 7) is 3.46. The Kier molecular flexibility index (Phi) is 2.71. The Balaban J connectivity index is 1.90. The molecular weight excluding hydrogens is 282 g/mol. The predicted octanol–water partition coefficient (Wildman–Crippen LogP) is 3.73. The van der Waals surface area contributed by atoms with Crippen LogP contribution in [0.15, 0.2) is 42.7 Å². The molecule has 3 heteroatoms. The molecule has 0 amide bonds. The second kappa shape index (κ2) is 4.68. The molecule has 0 unspecified atom stereocenters. The number of nitrogens with zero attached hydrogens (tertiary/aromatic N) is 3. The smallest absolute Gasteiger partial charge is 0.0579 e. The Morgan fingerprint density at radius 3 is 2.96 bits per heavy atom. The van der Waals surface area contributed by atoms with Gasteiger partial charge < -0.3 is 4.57 Å². The maximum Gasteiger partial charge on any atom is 0.0579 e. The number of hydrogen-bond donors (Lipinski definition) is 0. The third-order valence-corrected chi connectivity index (χ3v) is 5.82. The lowest BCUT2D eigenvalue weighted by Crippen LogP contribution is -2.34. The number of hydrogen-bond acceptors (Lipinski definition) is 2. The Morgan fingerprint density at radius 2 is 2.04 bits per heavy atom. The molecule has 4 heterocycles. The van der Waals surface area contributed by atoms with Crippen molar-refractivity contribution in [2.75, 3.05) is 13.6 Å². The van der Waals surface area contributed by atoms with Crippen molar-refractivity contribution in [1.82, 2.24) is 14.5 Å². The van der Waals surface area contributed by atoms with Crippen LogP contribution < -0.4 is 0 Å². The number of pyridine rings is 1. The van der Waals surface area contributed by atoms with Gasteiger partial charge in [-0.25, -0.2) is 0 Å². The number of likely N-dealkylation sites (N-methyl/N-ethyl adjacent to an activating group) is 1. The fourth-order valence-electron chi connectivity index (χ4n) is 4.64. The number of para-hydroxylation sites is 1. The van der Waals surface area contributed by atoms with Crippen LogP contribution in [-0.2, 0) is 12.8 Å². The summed E-state index contributed by atoms with van der Waals surface area (Å²) in [5.74, 6) is 0. The van der Waals surface area contributed by atoms with Crippen molar-refractivity contribution in [3.05, 3.63) is 65.1 Å². The zero-order valence-electron chi connectivity index (χ0n) is 13.7. The zero-order chi connectivity index (χ0) is 15.6. The fourth-order valence-corrected chi connectivity index (χ4v) is 4.64. The van der Waals surface area contributed by atoms with Gasteiger partial charge in [-0.3, -0.25) is 9.88 Å². The van der Waals surface area contributed by atoms with E-state index in [1.165, 1.54) is 27.7 Å². The van der Waals surface area contributed by atoms with Crippen LogP contribution in [0.4, 0.5) is 0 Å². The van der Waals surface area contributed by atoms with Gasteiger partial charge in [0.2, 0.25) is 0 Å². The van der Waals surface area contributed by atoms with Gasteiger partial charge >= 0.3 is 0 Å². The average molecular weight is 303 g/mol. The monoisotopic (exact) mass is 303 g/mol. The minimum absolute atomic E-state index is 0.337. The van der Waals surface area contributed by atoms with Crippen LogP contribution in [0.25, 0.3) is 10.9 Å². The first kappa shape index (κ1) is 13.3. The van der Waals surface area contributed by atoms with Crippen molar-refractivity contribution in [2.24, 2.45) is 0 Å². The standard InChI is InChI=1S/C20H21N3/c1-13-17-12-21-9-7-14(17)11-19-20-16(8-10-22(19)2)15-5-3-4-6-18(15)23(13)20/h3-7,9,12-13,19H,8,10-11H2,1-2H3/t13-,19+/m1/s1. The normalized spacial score (nSPS) is 23.4. The largest absolute Gasteiger partial charge is 0.335 e. The molecule has 0 aliphatic carbocycles. The van der Waals surface area contributed by atoms with Crippen molar-refractivity contribution in [3.63, 3.8) is 0 Å². The fraction of sp³-hybridized carbons (Fsp3) is 0.350. The Bertz CT molecular complexity index is 908. The maximum atomic E-state index is 4.41. The summed E-state index contributed by atoms with van der Waals surface area (Å²) in [6.07, 6.45) is 6.24. The molecule has 2 aliphatic rings. The minimum Gasteiger partial charge on any atom is -0.335 e. The van der Waals surface area contributed by atoms with E-state index in [1.807, 2.05) is 6.20 Å². The second-order valence-electron chi connectivity index (χ2n) is 6.95. The number of aromatic nitrogens is 2. The molecule has 0 radical (unpaired) electrons. The quantitative estimate of drug-likeness (QED) is 0.631. The summed E-state index contributed by atoms with van der Waals surface area (Å²) in [4.78, 5) is 6.94. The summed E-state index contributed by atoms with van der Waals surface area (Å²) in [5.41, 5.74) is 7.30. The van der Waals surface area contributed by atoms with E-state index in [2.05, 4.69) is 65.0 Å². The molecule has 1 aromatic carbocycles. The average Bonchev–Trinajstić information content (AvgIpc) is 2.85. The van der Waals surface area contributed by atoms with E-state index in [9.17, 15) is 0 Å². The molecule has 0 fully saturated rings. The molecule has 0 spiro atoms. The first-order valence-electron chi connectivity index (χ1n) is 8.50. The summed E-state index contributed by atoms with van der Waals surface area (Å²) < 4.78 is 2.58. The molecule has 0 saturated carbocycles. The molecule has 3 aromatic rings. The van der Waals surface area contributed by atoms with Gasteiger partial charge in [0.05, 0.1) is 12.1 Å². The minimum atomic E-state index is 0.337. The summed E-state index contributed by atoms with van der Waals surface area (Å²) >= 11 is 0. The van der Waals surface area contributed by atoms with Crippen LogP contribution >= 0.6 is 0 Å². The van der Waals surface area contributed by atoms with E-state index in [-0.39, 0.29) is 0 Å². The van der Waals surface area contributed by atoms with Gasteiger partial charge in [0, 0.05) is 35.5 Å². The molecule has 3 nitrogen and oxygen atoms in total. The second-order valence-corrected chi connectivity index (χ2v) is 6.95. The maximum absolute atomic E-state index is 4.41. The molecule has 0 bridgehead atoms. The van der Waals surface area contributed by atoms with Gasteiger partial charge in [-0.15, -0.1) is 0 Å². The highest BCUT2D eigenvalue weighted by atomic mass is 15.2. The van der Waals surface area contributed by atoms with E-state index in [1.54, 1.807) is 5.56 Å². The van der Waals surface area contributed by atoms with Crippen LogP contribution in [0.5, 0.6) is 0 Å². The van der Waals surface area contributed by atoms with Crippen molar-refractivity contribution < 1.29 is 0 Å². The summed E-state index contributed by atoms with van der Waals surface area (Å²) in [6, 6.07) is 11.9. The third kappa shape index (κ3) is 1.71. The lowest BCUT2D eigenvalue weighted by molar-refractivity contribution is 0.222. The molecule has 0 saturated heterocycles. The van der Waals surface area contributed by atoms with E-state index >= 15 is 0 Å². The van der Waals surface area contributed by atoms with Gasteiger partial charge in [-0.05, 0) is 55.6 Å². The van der Waals surface area contributed by atoms with E-state index in [4.69, 9.17) is 0 Å². The molecule has 2 aromatic heterocycles. The Hall–Kier alpha value is -2.13. The van der Waals surface area contributed by atoms with Gasteiger partial charge in [-0.2, -0.15) is 0 Å². The van der Waals surface area contributed by atoms with Crippen molar-refractivity contribution >= 4 is 10.9 Å². The van der Waals surface area contributed by atoms with Crippen LogP contribution in [0.1, 0.15) is 41.4 Å². The van der Waals surface area contributed by atoms with Gasteiger partial charge in [0.25, 0.3) is 0 Å². The van der Waals surface area contributed by atoms with E-state index < -0.39 is 0 Å². The Labute approximate surface area is 136 Å². The molecule has 116 valence electrons. The first-order valence-corrected chi connectivity index (χ1v) is 8.50. The van der Waals surface area contributed by atoms with Crippen molar-refractivity contribution in [2.45, 2.75) is 31.8 Å². The lowest BCUT2D eigenvalue weighted by atomic mass is 9.93. The molecule has 0 N–H and O–H groups in total. The van der Waals surface area contributed by atoms with Crippen LogP contribution in [0, 0.1) is 0 Å². The highest BCUT2D eigenvalue weighted by Crippen LogP contribution is 2.44. The Morgan fingerprint density at radius 1 is 1.17 bits per heavy atom. The third-order valence-electron chi connectivity index (χ3n) is 5.82. The number of benzene rings is 1. The number of rotatable bonds is 0. The van der Waals surface area contributed by atoms with E-state index in [0.29, 0.717) is 12.1 Å². The predicted molar refractivity (Wildman–Crippen MR) is 92.8 cm³/mol. The highest BCUT2D eigenvalue weighted by molar-refractivity contribution is 5.86. The molecule has 23 heavy (non-hydrogen) atoms. The van der Waals surface area contributed by atoms with Crippen molar-refractivity contribution in [3.8, 4) is 0 Å². The zero-order valence-corrected chi connectivity index (χ0v) is 13.7. The summed E-state index contributed by atoms with van der Waals surface area (Å²) in [5, 5.41) is 1.44. The highest BCUT2D eigenvalue weighted by Gasteiger charge is 2.35. The van der Waals surface area contributed by atoms with Crippen LogP contribution in [0.2, 0.25) is 0 Å². The lowest BCUT2D eigenvalue weighted by Gasteiger charge is -2.33. The first-order chi connectivity index (χ1) is 11.3. The van der Waals surface area contributed by atoms with Gasteiger partial charge in [-0.1, -0.05) is 18.2 Å².